The van der Waals surface area contributed by atoms with Crippen LogP contribution in [0.2, 0.25) is 5.02 Å². The SMILES string of the molecule is COc1ccc(/C=C2\Oc3c(cc4c(c3C)OCN(Cc3ccccc3Cl)C4)C2=O)c(OC)c1. The molecule has 3 aromatic rings. The van der Waals surface area contributed by atoms with Crippen LogP contribution in [-0.2, 0) is 13.1 Å². The highest BCUT2D eigenvalue weighted by Crippen LogP contribution is 2.43. The Labute approximate surface area is 203 Å². The summed E-state index contributed by atoms with van der Waals surface area (Å²) in [5.74, 6) is 2.66. The second-order valence-electron chi connectivity index (χ2n) is 8.27. The summed E-state index contributed by atoms with van der Waals surface area (Å²) in [7, 11) is 3.17. The fourth-order valence-electron chi connectivity index (χ4n) is 4.34. The second-order valence-corrected chi connectivity index (χ2v) is 8.67. The molecule has 6 nitrogen and oxygen atoms in total. The van der Waals surface area contributed by atoms with E-state index >= 15 is 0 Å². The summed E-state index contributed by atoms with van der Waals surface area (Å²) in [6.45, 7) is 3.65. The number of carbonyl (C=O) groups excluding carboxylic acids is 1. The number of nitrogens with zero attached hydrogens (tertiary/aromatic N) is 1. The van der Waals surface area contributed by atoms with Crippen LogP contribution in [-0.4, -0.2) is 31.6 Å². The predicted octanol–water partition coefficient (Wildman–Crippen LogP) is 5.63. The zero-order valence-corrected chi connectivity index (χ0v) is 19.9. The van der Waals surface area contributed by atoms with Crippen molar-refractivity contribution in [3.63, 3.8) is 0 Å². The van der Waals surface area contributed by atoms with E-state index in [1.54, 1.807) is 26.4 Å². The van der Waals surface area contributed by atoms with Crippen molar-refractivity contribution in [2.45, 2.75) is 20.0 Å². The number of benzene rings is 3. The number of Topliss-reactive ketones (excluding diaryl/α,β-unsaturated/α-hetero) is 1. The molecular weight excluding hydrogens is 454 g/mol. The molecule has 3 aromatic carbocycles. The average molecular weight is 478 g/mol. The van der Waals surface area contributed by atoms with Gasteiger partial charge in [-0.2, -0.15) is 0 Å². The fourth-order valence-corrected chi connectivity index (χ4v) is 4.54. The number of fused-ring (bicyclic) bond motifs is 2. The van der Waals surface area contributed by atoms with Gasteiger partial charge in [-0.1, -0.05) is 29.8 Å². The molecule has 2 heterocycles. The fraction of sp³-hybridized carbons (Fsp3) is 0.222. The largest absolute Gasteiger partial charge is 0.497 e. The van der Waals surface area contributed by atoms with Gasteiger partial charge in [0, 0.05) is 40.9 Å². The molecule has 0 radical (unpaired) electrons. The molecule has 34 heavy (non-hydrogen) atoms. The molecule has 5 rings (SSSR count). The summed E-state index contributed by atoms with van der Waals surface area (Å²) in [5.41, 5.74) is 4.08. The van der Waals surface area contributed by atoms with Gasteiger partial charge < -0.3 is 18.9 Å². The number of allylic oxidation sites excluding steroid dienone is 1. The molecule has 0 saturated heterocycles. The lowest BCUT2D eigenvalue weighted by Crippen LogP contribution is -2.32. The van der Waals surface area contributed by atoms with Crippen LogP contribution < -0.4 is 18.9 Å². The van der Waals surface area contributed by atoms with Gasteiger partial charge in [-0.25, -0.2) is 0 Å². The van der Waals surface area contributed by atoms with Crippen LogP contribution in [0.1, 0.15) is 32.6 Å². The number of hydrogen-bond donors (Lipinski definition) is 0. The monoisotopic (exact) mass is 477 g/mol. The minimum Gasteiger partial charge on any atom is -0.497 e. The molecule has 0 unspecified atom stereocenters. The van der Waals surface area contributed by atoms with Gasteiger partial charge in [0.25, 0.3) is 0 Å². The van der Waals surface area contributed by atoms with Gasteiger partial charge in [-0.15, -0.1) is 0 Å². The van der Waals surface area contributed by atoms with Crippen LogP contribution in [0.15, 0.2) is 54.3 Å². The summed E-state index contributed by atoms with van der Waals surface area (Å²) >= 11 is 6.33. The lowest BCUT2D eigenvalue weighted by atomic mass is 9.99. The molecule has 174 valence electrons. The molecule has 0 aliphatic carbocycles. The molecule has 0 saturated carbocycles. The maximum atomic E-state index is 13.2. The summed E-state index contributed by atoms with van der Waals surface area (Å²) in [6, 6.07) is 15.1. The predicted molar refractivity (Wildman–Crippen MR) is 130 cm³/mol. The van der Waals surface area contributed by atoms with Crippen LogP contribution in [0.25, 0.3) is 6.08 Å². The number of ether oxygens (including phenoxy) is 4. The molecule has 0 atom stereocenters. The van der Waals surface area contributed by atoms with Gasteiger partial charge in [0.2, 0.25) is 5.78 Å². The van der Waals surface area contributed by atoms with Crippen molar-refractivity contribution >= 4 is 23.5 Å². The van der Waals surface area contributed by atoms with Crippen LogP contribution in [0.5, 0.6) is 23.0 Å². The van der Waals surface area contributed by atoms with Crippen molar-refractivity contribution < 1.29 is 23.7 Å². The van der Waals surface area contributed by atoms with Crippen LogP contribution in [0.3, 0.4) is 0 Å². The number of rotatable bonds is 5. The Hall–Kier alpha value is -3.48. The molecule has 0 aromatic heterocycles. The normalized spacial score (nSPS) is 16.0. The third-order valence-corrected chi connectivity index (χ3v) is 6.45. The Balaban J connectivity index is 1.43. The van der Waals surface area contributed by atoms with Crippen molar-refractivity contribution in [2.24, 2.45) is 0 Å². The summed E-state index contributed by atoms with van der Waals surface area (Å²) in [6.07, 6.45) is 1.70. The number of methoxy groups -OCH3 is 2. The van der Waals surface area contributed by atoms with Crippen molar-refractivity contribution in [3.05, 3.63) is 87.1 Å². The van der Waals surface area contributed by atoms with Gasteiger partial charge >= 0.3 is 0 Å². The number of ketones is 1. The van der Waals surface area contributed by atoms with E-state index in [2.05, 4.69) is 4.90 Å². The van der Waals surface area contributed by atoms with Crippen molar-refractivity contribution in [1.29, 1.82) is 0 Å². The minimum absolute atomic E-state index is 0.165. The number of hydrogen-bond acceptors (Lipinski definition) is 6. The second kappa shape index (κ2) is 9.05. The highest BCUT2D eigenvalue weighted by atomic mass is 35.5. The van der Waals surface area contributed by atoms with E-state index in [0.29, 0.717) is 42.6 Å². The van der Waals surface area contributed by atoms with Crippen molar-refractivity contribution in [3.8, 4) is 23.0 Å². The van der Waals surface area contributed by atoms with E-state index < -0.39 is 0 Å². The molecule has 0 spiro atoms. The van der Waals surface area contributed by atoms with E-state index in [1.165, 1.54) is 0 Å². The quantitative estimate of drug-likeness (QED) is 0.444. The van der Waals surface area contributed by atoms with Gasteiger partial charge in [0.15, 0.2) is 5.76 Å². The molecular formula is C27H24ClNO5. The van der Waals surface area contributed by atoms with E-state index in [0.717, 1.165) is 33.0 Å². The zero-order chi connectivity index (χ0) is 23.8. The Bertz CT molecular complexity index is 1320. The van der Waals surface area contributed by atoms with E-state index in [-0.39, 0.29) is 11.5 Å². The minimum atomic E-state index is -0.165. The van der Waals surface area contributed by atoms with E-state index in [4.69, 9.17) is 30.5 Å². The molecule has 2 aliphatic rings. The number of carbonyl (C=O) groups is 1. The summed E-state index contributed by atoms with van der Waals surface area (Å²) in [5, 5.41) is 0.728. The van der Waals surface area contributed by atoms with Crippen molar-refractivity contribution in [2.75, 3.05) is 21.0 Å². The topological polar surface area (TPSA) is 57.2 Å². The maximum absolute atomic E-state index is 13.2. The van der Waals surface area contributed by atoms with E-state index in [9.17, 15) is 4.79 Å². The standard InChI is InChI=1S/C27H24ClNO5/c1-16-26-19(14-29(15-33-26)13-18-6-4-5-7-22(18)28)10-21-25(30)24(34-27(16)21)11-17-8-9-20(31-2)12-23(17)32-3/h4-12H,13-15H2,1-3H3/b24-11-. The first kappa shape index (κ1) is 22.3. The summed E-state index contributed by atoms with van der Waals surface area (Å²) < 4.78 is 22.8. The third-order valence-electron chi connectivity index (χ3n) is 6.08. The Kier molecular flexibility index (Phi) is 5.94. The molecule has 0 bridgehead atoms. The number of halogens is 1. The Morgan fingerprint density at radius 1 is 1.09 bits per heavy atom. The smallest absolute Gasteiger partial charge is 0.231 e. The maximum Gasteiger partial charge on any atom is 0.231 e. The van der Waals surface area contributed by atoms with Gasteiger partial charge in [-0.3, -0.25) is 9.69 Å². The first-order valence-electron chi connectivity index (χ1n) is 10.9. The van der Waals surface area contributed by atoms with Gasteiger partial charge in [0.1, 0.15) is 29.7 Å². The molecule has 0 N–H and O–H groups in total. The Morgan fingerprint density at radius 3 is 2.68 bits per heavy atom. The van der Waals surface area contributed by atoms with E-state index in [1.807, 2.05) is 49.4 Å². The molecule has 2 aliphatic heterocycles. The molecule has 7 heteroatoms. The lowest BCUT2D eigenvalue weighted by Gasteiger charge is -2.30. The summed E-state index contributed by atoms with van der Waals surface area (Å²) in [4.78, 5) is 15.4. The molecule has 0 fully saturated rings. The first-order valence-corrected chi connectivity index (χ1v) is 11.3. The van der Waals surface area contributed by atoms with Gasteiger partial charge in [0.05, 0.1) is 19.8 Å². The third kappa shape index (κ3) is 4.00. The highest BCUT2D eigenvalue weighted by Gasteiger charge is 2.34. The zero-order valence-electron chi connectivity index (χ0n) is 19.2. The average Bonchev–Trinajstić information content (AvgIpc) is 3.16. The Morgan fingerprint density at radius 2 is 1.91 bits per heavy atom. The highest BCUT2D eigenvalue weighted by molar-refractivity contribution is 6.31. The van der Waals surface area contributed by atoms with Crippen LogP contribution in [0.4, 0.5) is 0 Å². The van der Waals surface area contributed by atoms with Gasteiger partial charge in [-0.05, 0) is 42.8 Å². The first-order chi connectivity index (χ1) is 16.5. The lowest BCUT2D eigenvalue weighted by molar-refractivity contribution is 0.0877. The van der Waals surface area contributed by atoms with Crippen LogP contribution in [0, 0.1) is 6.92 Å². The van der Waals surface area contributed by atoms with Crippen molar-refractivity contribution in [1.82, 2.24) is 4.90 Å². The van der Waals surface area contributed by atoms with Crippen LogP contribution >= 0.6 is 11.6 Å². The molecule has 0 amide bonds.